The van der Waals surface area contributed by atoms with Gasteiger partial charge in [-0.25, -0.2) is 18.7 Å². The zero-order valence-electron chi connectivity index (χ0n) is 19.5. The van der Waals surface area contributed by atoms with Gasteiger partial charge in [0.15, 0.2) is 11.6 Å². The number of nitrogens with zero attached hydrogens (tertiary/aromatic N) is 7. The van der Waals surface area contributed by atoms with Gasteiger partial charge in [-0.15, -0.1) is 0 Å². The zero-order valence-corrected chi connectivity index (χ0v) is 19.5. The van der Waals surface area contributed by atoms with Gasteiger partial charge in [-0.1, -0.05) is 11.2 Å². The molecule has 0 fully saturated rings. The molecule has 0 atom stereocenters. The average molecular weight is 483 g/mol. The quantitative estimate of drug-likeness (QED) is 0.387. The fraction of sp³-hybridized carbons (Fsp3) is 0.318. The Balaban J connectivity index is 1.47. The van der Waals surface area contributed by atoms with Crippen LogP contribution in [0.15, 0.2) is 35.2 Å². The van der Waals surface area contributed by atoms with Crippen molar-refractivity contribution in [3.63, 3.8) is 0 Å². The first-order chi connectivity index (χ1) is 16.7. The number of aryl methyl sites for hydroxylation is 1. The van der Waals surface area contributed by atoms with Crippen molar-refractivity contribution >= 4 is 17.7 Å². The molecule has 1 amide bonds. The van der Waals surface area contributed by atoms with Crippen LogP contribution in [0.4, 0.5) is 20.5 Å². The summed E-state index contributed by atoms with van der Waals surface area (Å²) in [5.41, 5.74) is 0.0340. The number of anilines is 2. The van der Waals surface area contributed by atoms with E-state index >= 15 is 4.39 Å². The molecule has 0 aliphatic rings. The molecule has 4 aromatic rings. The van der Waals surface area contributed by atoms with E-state index in [2.05, 4.69) is 40.8 Å². The first-order valence-corrected chi connectivity index (χ1v) is 10.6. The van der Waals surface area contributed by atoms with E-state index in [1.54, 1.807) is 50.8 Å². The first-order valence-electron chi connectivity index (χ1n) is 10.6. The number of halogens is 2. The maximum atomic E-state index is 15.2. The normalized spacial score (nSPS) is 11.5. The second-order valence-corrected chi connectivity index (χ2v) is 8.47. The van der Waals surface area contributed by atoms with Crippen LogP contribution < -0.4 is 10.6 Å². The summed E-state index contributed by atoms with van der Waals surface area (Å²) < 4.78 is 34.9. The molecule has 13 heteroatoms. The molecule has 1 aromatic carbocycles. The molecular weight excluding hydrogens is 460 g/mol. The maximum absolute atomic E-state index is 15.2. The van der Waals surface area contributed by atoms with Crippen LogP contribution >= 0.6 is 0 Å². The number of hydrogen-bond donors (Lipinski definition) is 2. The lowest BCUT2D eigenvalue weighted by Crippen LogP contribution is -2.25. The highest BCUT2D eigenvalue weighted by atomic mass is 19.1. The van der Waals surface area contributed by atoms with Crippen molar-refractivity contribution in [2.24, 2.45) is 7.05 Å². The van der Waals surface area contributed by atoms with Gasteiger partial charge >= 0.3 is 0 Å². The Morgan fingerprint density at radius 3 is 2.71 bits per heavy atom. The third-order valence-corrected chi connectivity index (χ3v) is 5.25. The van der Waals surface area contributed by atoms with Crippen LogP contribution in [0.2, 0.25) is 0 Å². The molecule has 0 saturated carbocycles. The van der Waals surface area contributed by atoms with E-state index in [1.807, 2.05) is 0 Å². The second-order valence-electron chi connectivity index (χ2n) is 8.47. The lowest BCUT2D eigenvalue weighted by Gasteiger charge is -2.13. The third kappa shape index (κ3) is 5.13. The van der Waals surface area contributed by atoms with Crippen molar-refractivity contribution < 1.29 is 18.1 Å². The van der Waals surface area contributed by atoms with Crippen molar-refractivity contribution in [1.82, 2.24) is 40.2 Å². The molecule has 0 aliphatic carbocycles. The van der Waals surface area contributed by atoms with Crippen LogP contribution in [-0.4, -0.2) is 47.5 Å². The van der Waals surface area contributed by atoms with Gasteiger partial charge in [0, 0.05) is 25.9 Å². The lowest BCUT2D eigenvalue weighted by atomic mass is 9.96. The second kappa shape index (κ2) is 9.52. The molecule has 0 saturated heterocycles. The van der Waals surface area contributed by atoms with E-state index in [9.17, 15) is 9.18 Å². The van der Waals surface area contributed by atoms with Gasteiger partial charge in [-0.05, 0) is 38.0 Å². The van der Waals surface area contributed by atoms with Crippen molar-refractivity contribution in [3.05, 3.63) is 59.4 Å². The SMILES string of the molecule is Cc1c(CNC(=O)c2noc(C(C)(C)CF)n2)ccc(-c2ncnc(Nc3ccn(C)n3)n2)c1F. The largest absolute Gasteiger partial charge is 0.345 e. The molecular formula is C22H23F2N9O2. The smallest absolute Gasteiger partial charge is 0.292 e. The number of nitrogens with one attached hydrogen (secondary N) is 2. The highest BCUT2D eigenvalue weighted by Gasteiger charge is 2.29. The van der Waals surface area contributed by atoms with Gasteiger partial charge < -0.3 is 15.2 Å². The van der Waals surface area contributed by atoms with Crippen LogP contribution in [-0.2, 0) is 19.0 Å². The predicted octanol–water partition coefficient (Wildman–Crippen LogP) is 3.02. The first kappa shape index (κ1) is 23.9. The average Bonchev–Trinajstić information content (AvgIpc) is 3.50. The van der Waals surface area contributed by atoms with Gasteiger partial charge in [0.25, 0.3) is 11.7 Å². The van der Waals surface area contributed by atoms with Crippen molar-refractivity contribution in [2.45, 2.75) is 32.7 Å². The molecule has 4 rings (SSSR count). The Morgan fingerprint density at radius 1 is 1.20 bits per heavy atom. The number of rotatable bonds is 8. The van der Waals surface area contributed by atoms with Gasteiger partial charge in [-0.2, -0.15) is 15.1 Å². The third-order valence-electron chi connectivity index (χ3n) is 5.25. The number of benzene rings is 1. The van der Waals surface area contributed by atoms with Crippen molar-refractivity contribution in [3.8, 4) is 11.4 Å². The van der Waals surface area contributed by atoms with Gasteiger partial charge in [-0.3, -0.25) is 9.48 Å². The molecule has 182 valence electrons. The lowest BCUT2D eigenvalue weighted by molar-refractivity contribution is 0.0937. The summed E-state index contributed by atoms with van der Waals surface area (Å²) >= 11 is 0. The van der Waals surface area contributed by atoms with E-state index in [0.717, 1.165) is 0 Å². The Bertz CT molecular complexity index is 1370. The number of carbonyl (C=O) groups is 1. The predicted molar refractivity (Wildman–Crippen MR) is 121 cm³/mol. The van der Waals surface area contributed by atoms with E-state index < -0.39 is 23.8 Å². The summed E-state index contributed by atoms with van der Waals surface area (Å²) in [6.45, 7) is 4.05. The molecule has 0 unspecified atom stereocenters. The summed E-state index contributed by atoms with van der Waals surface area (Å²) in [7, 11) is 1.78. The summed E-state index contributed by atoms with van der Waals surface area (Å²) in [5.74, 6) is -0.462. The van der Waals surface area contributed by atoms with Crippen molar-refractivity contribution in [1.29, 1.82) is 0 Å². The monoisotopic (exact) mass is 483 g/mol. The standard InChI is InChI=1S/C22H23F2N9O2/c1-12-13(9-25-19(34)18-29-20(35-32-18)22(2,3)10-23)5-6-14(16(12)24)17-26-11-27-21(30-17)28-15-7-8-33(4)31-15/h5-8,11H,9-10H2,1-4H3,(H,25,34)(H,26,27,28,30,31). The number of hydrogen-bond acceptors (Lipinski definition) is 9. The molecule has 3 heterocycles. The van der Waals surface area contributed by atoms with Gasteiger partial charge in [0.05, 0.1) is 11.0 Å². The summed E-state index contributed by atoms with van der Waals surface area (Å²) in [5, 5.41) is 13.4. The Kier molecular flexibility index (Phi) is 6.49. The van der Waals surface area contributed by atoms with E-state index in [0.29, 0.717) is 16.9 Å². The van der Waals surface area contributed by atoms with Crippen LogP contribution in [0.1, 0.15) is 41.5 Å². The maximum Gasteiger partial charge on any atom is 0.292 e. The Morgan fingerprint density at radius 2 is 2.00 bits per heavy atom. The van der Waals surface area contributed by atoms with Gasteiger partial charge in [0.2, 0.25) is 11.8 Å². The number of amides is 1. The minimum atomic E-state index is -0.997. The van der Waals surface area contributed by atoms with Crippen LogP contribution in [0.25, 0.3) is 11.4 Å². The fourth-order valence-electron chi connectivity index (χ4n) is 3.07. The molecule has 3 aromatic heterocycles. The highest BCUT2D eigenvalue weighted by molar-refractivity contribution is 5.90. The van der Waals surface area contributed by atoms with Crippen molar-refractivity contribution in [2.75, 3.05) is 12.0 Å². The number of carbonyl (C=O) groups excluding carboxylic acids is 1. The van der Waals surface area contributed by atoms with Crippen LogP contribution in [0, 0.1) is 12.7 Å². The molecule has 35 heavy (non-hydrogen) atoms. The van der Waals surface area contributed by atoms with E-state index in [-0.39, 0.29) is 35.6 Å². The number of alkyl halides is 1. The van der Waals surface area contributed by atoms with E-state index in [4.69, 9.17) is 4.52 Å². The fourth-order valence-corrected chi connectivity index (χ4v) is 3.07. The zero-order chi connectivity index (χ0) is 25.2. The van der Waals surface area contributed by atoms with E-state index in [1.165, 1.54) is 12.4 Å². The summed E-state index contributed by atoms with van der Waals surface area (Å²) in [4.78, 5) is 28.8. The Labute approximate surface area is 199 Å². The number of aromatic nitrogens is 7. The highest BCUT2D eigenvalue weighted by Crippen LogP contribution is 2.25. The molecule has 2 N–H and O–H groups in total. The molecule has 0 aliphatic heterocycles. The van der Waals surface area contributed by atoms with Crippen LogP contribution in [0.5, 0.6) is 0 Å². The topological polar surface area (TPSA) is 137 Å². The summed E-state index contributed by atoms with van der Waals surface area (Å²) in [6, 6.07) is 4.94. The van der Waals surface area contributed by atoms with Gasteiger partial charge in [0.1, 0.15) is 18.8 Å². The molecule has 0 radical (unpaired) electrons. The minimum Gasteiger partial charge on any atom is -0.345 e. The van der Waals surface area contributed by atoms with Crippen LogP contribution in [0.3, 0.4) is 0 Å². The molecule has 11 nitrogen and oxygen atoms in total. The molecule has 0 spiro atoms. The molecule has 0 bridgehead atoms. The Hall–Kier alpha value is -4.29. The summed E-state index contributed by atoms with van der Waals surface area (Å²) in [6.07, 6.45) is 3.04. The minimum absolute atomic E-state index is 0.0158.